The van der Waals surface area contributed by atoms with E-state index >= 15 is 0 Å². The van der Waals surface area contributed by atoms with Crippen molar-refractivity contribution in [2.75, 3.05) is 7.11 Å². The summed E-state index contributed by atoms with van der Waals surface area (Å²) < 4.78 is 8.39. The van der Waals surface area contributed by atoms with Gasteiger partial charge < -0.3 is 4.74 Å². The number of hydrogen-bond donors (Lipinski definition) is 0. The molecule has 1 aromatic carbocycles. The van der Waals surface area contributed by atoms with Gasteiger partial charge in [0.1, 0.15) is 5.75 Å². The lowest BCUT2D eigenvalue weighted by Gasteiger charge is -2.06. The molecule has 0 aliphatic heterocycles. The Kier molecular flexibility index (Phi) is 4.48. The van der Waals surface area contributed by atoms with Crippen molar-refractivity contribution in [1.29, 1.82) is 0 Å². The van der Waals surface area contributed by atoms with Gasteiger partial charge in [-0.15, -0.1) is 10.2 Å². The van der Waals surface area contributed by atoms with E-state index < -0.39 is 4.92 Å². The van der Waals surface area contributed by atoms with Crippen LogP contribution in [0.5, 0.6) is 5.75 Å². The van der Waals surface area contributed by atoms with E-state index in [1.165, 1.54) is 36.2 Å². The first-order valence-corrected chi connectivity index (χ1v) is 7.73. The lowest BCUT2D eigenvalue weighted by molar-refractivity contribution is -0.384. The third kappa shape index (κ3) is 3.16. The molecule has 2 heterocycles. The predicted octanol–water partition coefficient (Wildman–Crippen LogP) is 2.19. The molecule has 0 unspecified atom stereocenters. The Hall–Kier alpha value is -3.56. The van der Waals surface area contributed by atoms with Crippen molar-refractivity contribution in [3.8, 4) is 11.7 Å². The molecule has 134 valence electrons. The summed E-state index contributed by atoms with van der Waals surface area (Å²) in [5, 5.41) is 27.9. The summed E-state index contributed by atoms with van der Waals surface area (Å²) in [5.74, 6) is 1.44. The standard InChI is InChI=1S/C16H17N7O3/c1-10-7-11(2)21(20-10)16-19-18-12(3)22(16)17-9-13-8-14(23(24)25)5-6-15(13)26-4/h5-9H,1-4H3. The summed E-state index contributed by atoms with van der Waals surface area (Å²) in [6.07, 6.45) is 1.47. The molecule has 0 aliphatic carbocycles. The van der Waals surface area contributed by atoms with E-state index in [0.29, 0.717) is 23.1 Å². The van der Waals surface area contributed by atoms with Crippen molar-refractivity contribution in [2.45, 2.75) is 20.8 Å². The van der Waals surface area contributed by atoms with Crippen molar-refractivity contribution in [3.63, 3.8) is 0 Å². The third-order valence-electron chi connectivity index (χ3n) is 3.72. The molecule has 0 amide bonds. The van der Waals surface area contributed by atoms with Gasteiger partial charge in [0.2, 0.25) is 0 Å². The summed E-state index contributed by atoms with van der Waals surface area (Å²) in [6, 6.07) is 6.22. The molecule has 0 saturated carbocycles. The van der Waals surface area contributed by atoms with E-state index in [4.69, 9.17) is 4.74 Å². The average Bonchev–Trinajstić information content (AvgIpc) is 3.13. The molecule has 10 nitrogen and oxygen atoms in total. The molecule has 0 N–H and O–H groups in total. The number of methoxy groups -OCH3 is 1. The normalized spacial score (nSPS) is 11.2. The van der Waals surface area contributed by atoms with Gasteiger partial charge in [-0.2, -0.15) is 14.9 Å². The molecule has 10 heteroatoms. The van der Waals surface area contributed by atoms with Crippen LogP contribution >= 0.6 is 0 Å². The highest BCUT2D eigenvalue weighted by atomic mass is 16.6. The van der Waals surface area contributed by atoms with Crippen molar-refractivity contribution >= 4 is 11.9 Å². The van der Waals surface area contributed by atoms with Gasteiger partial charge in [0.25, 0.3) is 11.6 Å². The van der Waals surface area contributed by atoms with Gasteiger partial charge >= 0.3 is 0 Å². The Labute approximate surface area is 148 Å². The number of non-ortho nitro benzene ring substituents is 1. The van der Waals surface area contributed by atoms with Crippen LogP contribution in [0.1, 0.15) is 22.8 Å². The topological polar surface area (TPSA) is 113 Å². The number of nitro benzene ring substituents is 1. The molecule has 0 aliphatic rings. The zero-order valence-electron chi connectivity index (χ0n) is 14.7. The fraction of sp³-hybridized carbons (Fsp3) is 0.250. The lowest BCUT2D eigenvalue weighted by atomic mass is 10.2. The molecular formula is C16H17N7O3. The Bertz CT molecular complexity index is 1000. The van der Waals surface area contributed by atoms with E-state index in [1.54, 1.807) is 11.6 Å². The van der Waals surface area contributed by atoms with Crippen LogP contribution in [-0.2, 0) is 0 Å². The van der Waals surface area contributed by atoms with E-state index in [-0.39, 0.29) is 5.69 Å². The lowest BCUT2D eigenvalue weighted by Crippen LogP contribution is -2.08. The number of ether oxygens (including phenoxy) is 1. The number of aryl methyl sites for hydroxylation is 3. The first-order valence-electron chi connectivity index (χ1n) is 7.73. The monoisotopic (exact) mass is 355 g/mol. The van der Waals surface area contributed by atoms with Crippen LogP contribution in [-0.4, -0.2) is 42.9 Å². The van der Waals surface area contributed by atoms with Crippen molar-refractivity contribution in [3.05, 3.63) is 57.2 Å². The number of nitrogens with zero attached hydrogens (tertiary/aromatic N) is 7. The number of nitro groups is 1. The van der Waals surface area contributed by atoms with Crippen LogP contribution in [0, 0.1) is 30.9 Å². The van der Waals surface area contributed by atoms with Crippen LogP contribution in [0.4, 0.5) is 5.69 Å². The summed E-state index contributed by atoms with van der Waals surface area (Å²) in [5.41, 5.74) is 2.15. The van der Waals surface area contributed by atoms with E-state index in [0.717, 1.165) is 11.4 Å². The zero-order chi connectivity index (χ0) is 18.8. The van der Waals surface area contributed by atoms with Gasteiger partial charge in [-0.1, -0.05) is 0 Å². The Morgan fingerprint density at radius 2 is 2.00 bits per heavy atom. The maximum Gasteiger partial charge on any atom is 0.273 e. The summed E-state index contributed by atoms with van der Waals surface area (Å²) >= 11 is 0. The zero-order valence-corrected chi connectivity index (χ0v) is 14.7. The molecule has 3 rings (SSSR count). The smallest absolute Gasteiger partial charge is 0.273 e. The highest BCUT2D eigenvalue weighted by Gasteiger charge is 2.14. The Morgan fingerprint density at radius 3 is 2.62 bits per heavy atom. The Morgan fingerprint density at radius 1 is 1.23 bits per heavy atom. The van der Waals surface area contributed by atoms with Crippen LogP contribution in [0.25, 0.3) is 5.95 Å². The largest absolute Gasteiger partial charge is 0.496 e. The van der Waals surface area contributed by atoms with Gasteiger partial charge in [-0.3, -0.25) is 10.1 Å². The minimum Gasteiger partial charge on any atom is -0.496 e. The van der Waals surface area contributed by atoms with Crippen molar-refractivity contribution in [2.24, 2.45) is 5.10 Å². The second-order valence-corrected chi connectivity index (χ2v) is 5.63. The first kappa shape index (κ1) is 17.3. The second kappa shape index (κ2) is 6.75. The van der Waals surface area contributed by atoms with Gasteiger partial charge in [-0.25, -0.2) is 4.68 Å². The third-order valence-corrected chi connectivity index (χ3v) is 3.72. The van der Waals surface area contributed by atoms with Crippen LogP contribution in [0.3, 0.4) is 0 Å². The maximum atomic E-state index is 11.0. The molecular weight excluding hydrogens is 338 g/mol. The number of hydrogen-bond acceptors (Lipinski definition) is 7. The highest BCUT2D eigenvalue weighted by molar-refractivity contribution is 5.84. The molecule has 0 spiro atoms. The SMILES string of the molecule is COc1ccc([N+](=O)[O-])cc1C=Nn1c(C)nnc1-n1nc(C)cc1C. The molecule has 2 aromatic heterocycles. The molecule has 0 saturated heterocycles. The molecule has 0 atom stereocenters. The van der Waals surface area contributed by atoms with Crippen LogP contribution in [0.15, 0.2) is 29.4 Å². The minimum atomic E-state index is -0.470. The summed E-state index contributed by atoms with van der Waals surface area (Å²) in [7, 11) is 1.49. The van der Waals surface area contributed by atoms with Crippen LogP contribution < -0.4 is 4.74 Å². The quantitative estimate of drug-likeness (QED) is 0.394. The molecule has 0 bridgehead atoms. The predicted molar refractivity (Wildman–Crippen MR) is 94.0 cm³/mol. The molecule has 0 radical (unpaired) electrons. The second-order valence-electron chi connectivity index (χ2n) is 5.63. The van der Waals surface area contributed by atoms with Gasteiger partial charge in [-0.05, 0) is 32.9 Å². The molecule has 0 fully saturated rings. The van der Waals surface area contributed by atoms with E-state index in [1.807, 2.05) is 19.9 Å². The van der Waals surface area contributed by atoms with E-state index in [2.05, 4.69) is 20.4 Å². The number of benzene rings is 1. The molecule has 3 aromatic rings. The van der Waals surface area contributed by atoms with E-state index in [9.17, 15) is 10.1 Å². The summed E-state index contributed by atoms with van der Waals surface area (Å²) in [4.78, 5) is 10.5. The highest BCUT2D eigenvalue weighted by Crippen LogP contribution is 2.22. The average molecular weight is 355 g/mol. The van der Waals surface area contributed by atoms with Crippen molar-refractivity contribution < 1.29 is 9.66 Å². The number of rotatable bonds is 5. The summed E-state index contributed by atoms with van der Waals surface area (Å²) in [6.45, 7) is 5.54. The fourth-order valence-corrected chi connectivity index (χ4v) is 2.50. The van der Waals surface area contributed by atoms with Gasteiger partial charge in [0, 0.05) is 23.4 Å². The van der Waals surface area contributed by atoms with Crippen molar-refractivity contribution in [1.82, 2.24) is 24.7 Å². The fourth-order valence-electron chi connectivity index (χ4n) is 2.50. The maximum absolute atomic E-state index is 11.0. The van der Waals surface area contributed by atoms with Crippen LogP contribution in [0.2, 0.25) is 0 Å². The van der Waals surface area contributed by atoms with Gasteiger partial charge in [0.05, 0.1) is 23.9 Å². The van der Waals surface area contributed by atoms with Gasteiger partial charge in [0.15, 0.2) is 5.82 Å². The molecule has 26 heavy (non-hydrogen) atoms. The minimum absolute atomic E-state index is 0.0495. The first-order chi connectivity index (χ1) is 12.4. The number of aromatic nitrogens is 5. The Balaban J connectivity index is 2.05.